The van der Waals surface area contributed by atoms with Crippen LogP contribution < -0.4 is 5.32 Å². The van der Waals surface area contributed by atoms with E-state index in [2.05, 4.69) is 10.4 Å². The lowest BCUT2D eigenvalue weighted by Gasteiger charge is -2.14. The standard InChI is InChI=1S/C21H20F3N3O3S/c1-3-30-20(29)17-11-25-27(18(17)21(22,23)24)16-6-4-15(5-7-16)19(28)26-13(2)10-14-8-9-31-12-14/h4-9,11-13H,3,10H2,1-2H3,(H,26,28). The van der Waals surface area contributed by atoms with E-state index >= 15 is 0 Å². The molecular formula is C21H20F3N3O3S. The SMILES string of the molecule is CCOC(=O)c1cnn(-c2ccc(C(=O)NC(C)Cc3ccsc3)cc2)c1C(F)(F)F. The highest BCUT2D eigenvalue weighted by Gasteiger charge is 2.41. The Bertz CT molecular complexity index is 1040. The third kappa shape index (κ3) is 5.32. The minimum atomic E-state index is -4.83. The molecule has 10 heteroatoms. The molecule has 1 N–H and O–H groups in total. The molecule has 1 aromatic carbocycles. The van der Waals surface area contributed by atoms with Crippen LogP contribution in [0.2, 0.25) is 0 Å². The molecule has 0 bridgehead atoms. The number of nitrogens with zero attached hydrogens (tertiary/aromatic N) is 2. The summed E-state index contributed by atoms with van der Waals surface area (Å²) in [4.78, 5) is 24.3. The largest absolute Gasteiger partial charge is 0.462 e. The van der Waals surface area contributed by atoms with Crippen LogP contribution in [-0.4, -0.2) is 34.3 Å². The molecule has 0 spiro atoms. The number of amides is 1. The second kappa shape index (κ2) is 9.34. The summed E-state index contributed by atoms with van der Waals surface area (Å²) in [7, 11) is 0. The zero-order valence-electron chi connectivity index (χ0n) is 16.8. The van der Waals surface area contributed by atoms with E-state index < -0.39 is 23.4 Å². The number of esters is 1. The van der Waals surface area contributed by atoms with Crippen molar-refractivity contribution in [3.8, 4) is 5.69 Å². The molecule has 0 fully saturated rings. The number of alkyl halides is 3. The molecule has 2 heterocycles. The lowest BCUT2D eigenvalue weighted by atomic mass is 10.1. The lowest BCUT2D eigenvalue weighted by Crippen LogP contribution is -2.33. The average Bonchev–Trinajstić information content (AvgIpc) is 3.37. The first-order chi connectivity index (χ1) is 14.7. The number of benzene rings is 1. The summed E-state index contributed by atoms with van der Waals surface area (Å²) >= 11 is 1.58. The van der Waals surface area contributed by atoms with Crippen molar-refractivity contribution in [3.05, 3.63) is 69.7 Å². The van der Waals surface area contributed by atoms with Gasteiger partial charge in [-0.1, -0.05) is 0 Å². The van der Waals surface area contributed by atoms with Crippen LogP contribution in [0.4, 0.5) is 13.2 Å². The molecule has 0 saturated carbocycles. The summed E-state index contributed by atoms with van der Waals surface area (Å²) in [5, 5.41) is 10.5. The van der Waals surface area contributed by atoms with Gasteiger partial charge in [0.1, 0.15) is 5.56 Å². The maximum atomic E-state index is 13.6. The molecule has 0 saturated heterocycles. The molecule has 3 aromatic rings. The number of ether oxygens (including phenoxy) is 1. The second-order valence-electron chi connectivity index (χ2n) is 6.79. The van der Waals surface area contributed by atoms with Gasteiger partial charge in [0.2, 0.25) is 0 Å². The van der Waals surface area contributed by atoms with Crippen LogP contribution in [0.25, 0.3) is 5.69 Å². The fourth-order valence-electron chi connectivity index (χ4n) is 3.05. The molecule has 0 radical (unpaired) electrons. The first-order valence-corrected chi connectivity index (χ1v) is 10.4. The molecule has 3 rings (SSSR count). The highest BCUT2D eigenvalue weighted by molar-refractivity contribution is 7.07. The van der Waals surface area contributed by atoms with Gasteiger partial charge in [0.15, 0.2) is 5.69 Å². The van der Waals surface area contributed by atoms with Crippen molar-refractivity contribution in [2.24, 2.45) is 0 Å². The molecule has 1 atom stereocenters. The number of rotatable bonds is 7. The van der Waals surface area contributed by atoms with Crippen molar-refractivity contribution in [2.45, 2.75) is 32.5 Å². The monoisotopic (exact) mass is 451 g/mol. The number of nitrogens with one attached hydrogen (secondary N) is 1. The van der Waals surface area contributed by atoms with Gasteiger partial charge in [-0.2, -0.15) is 29.6 Å². The fraction of sp³-hybridized carbons (Fsp3) is 0.286. The molecular weight excluding hydrogens is 431 g/mol. The third-order valence-electron chi connectivity index (χ3n) is 4.41. The predicted molar refractivity (Wildman–Crippen MR) is 109 cm³/mol. The van der Waals surface area contributed by atoms with Crippen molar-refractivity contribution in [1.82, 2.24) is 15.1 Å². The van der Waals surface area contributed by atoms with Gasteiger partial charge in [-0.05, 0) is 66.9 Å². The predicted octanol–water partition coefficient (Wildman–Crippen LogP) is 4.49. The Morgan fingerprint density at radius 3 is 2.52 bits per heavy atom. The van der Waals surface area contributed by atoms with Gasteiger partial charge in [0, 0.05) is 11.6 Å². The minimum absolute atomic E-state index is 0.0596. The number of thiophene rings is 1. The maximum absolute atomic E-state index is 13.6. The van der Waals surface area contributed by atoms with Gasteiger partial charge in [-0.15, -0.1) is 0 Å². The minimum Gasteiger partial charge on any atom is -0.462 e. The highest BCUT2D eigenvalue weighted by atomic mass is 32.1. The zero-order valence-corrected chi connectivity index (χ0v) is 17.6. The van der Waals surface area contributed by atoms with E-state index in [1.165, 1.54) is 31.2 Å². The smallest absolute Gasteiger partial charge is 0.434 e. The first-order valence-electron chi connectivity index (χ1n) is 9.45. The van der Waals surface area contributed by atoms with Gasteiger partial charge in [0.25, 0.3) is 5.91 Å². The second-order valence-corrected chi connectivity index (χ2v) is 7.57. The van der Waals surface area contributed by atoms with Crippen molar-refractivity contribution in [2.75, 3.05) is 6.61 Å². The van der Waals surface area contributed by atoms with Crippen LogP contribution >= 0.6 is 11.3 Å². The van der Waals surface area contributed by atoms with Crippen LogP contribution in [0.1, 0.15) is 45.8 Å². The number of aromatic nitrogens is 2. The topological polar surface area (TPSA) is 73.2 Å². The van der Waals surface area contributed by atoms with E-state index in [9.17, 15) is 22.8 Å². The van der Waals surface area contributed by atoms with E-state index in [0.29, 0.717) is 16.7 Å². The molecule has 164 valence electrons. The number of carbonyl (C=O) groups excluding carboxylic acids is 2. The highest BCUT2D eigenvalue weighted by Crippen LogP contribution is 2.34. The number of hydrogen-bond donors (Lipinski definition) is 1. The van der Waals surface area contributed by atoms with Gasteiger partial charge >= 0.3 is 12.1 Å². The quantitative estimate of drug-likeness (QED) is 0.537. The number of hydrogen-bond acceptors (Lipinski definition) is 5. The van der Waals surface area contributed by atoms with E-state index in [0.717, 1.165) is 11.8 Å². The molecule has 2 aromatic heterocycles. The first kappa shape index (κ1) is 22.5. The van der Waals surface area contributed by atoms with E-state index in [1.54, 1.807) is 11.3 Å². The molecule has 0 aliphatic carbocycles. The van der Waals surface area contributed by atoms with Crippen LogP contribution in [0.3, 0.4) is 0 Å². The summed E-state index contributed by atoms with van der Waals surface area (Å²) in [5.74, 6) is -1.44. The van der Waals surface area contributed by atoms with Gasteiger partial charge in [-0.25, -0.2) is 9.48 Å². The van der Waals surface area contributed by atoms with Gasteiger partial charge < -0.3 is 10.1 Å². The number of carbonyl (C=O) groups is 2. The average molecular weight is 451 g/mol. The van der Waals surface area contributed by atoms with Crippen LogP contribution in [0, 0.1) is 0 Å². The van der Waals surface area contributed by atoms with Crippen LogP contribution in [-0.2, 0) is 17.3 Å². The normalized spacial score (nSPS) is 12.4. The molecule has 1 unspecified atom stereocenters. The Morgan fingerprint density at radius 2 is 1.94 bits per heavy atom. The molecule has 6 nitrogen and oxygen atoms in total. The number of halogens is 3. The summed E-state index contributed by atoms with van der Waals surface area (Å²) < 4.78 is 46.1. The van der Waals surface area contributed by atoms with Crippen LogP contribution in [0.15, 0.2) is 47.3 Å². The summed E-state index contributed by atoms with van der Waals surface area (Å²) in [6.07, 6.45) is -3.33. The van der Waals surface area contributed by atoms with E-state index in [4.69, 9.17) is 4.74 Å². The van der Waals surface area contributed by atoms with E-state index in [-0.39, 0.29) is 24.2 Å². The van der Waals surface area contributed by atoms with Gasteiger partial charge in [0.05, 0.1) is 18.5 Å². The van der Waals surface area contributed by atoms with Crippen molar-refractivity contribution >= 4 is 23.2 Å². The molecule has 0 aliphatic heterocycles. The van der Waals surface area contributed by atoms with Crippen LogP contribution in [0.5, 0.6) is 0 Å². The summed E-state index contributed by atoms with van der Waals surface area (Å²) in [5.41, 5.74) is -0.423. The van der Waals surface area contributed by atoms with Crippen molar-refractivity contribution in [1.29, 1.82) is 0 Å². The molecule has 1 amide bonds. The Hall–Kier alpha value is -3.14. The summed E-state index contributed by atoms with van der Waals surface area (Å²) in [6.45, 7) is 3.32. The summed E-state index contributed by atoms with van der Waals surface area (Å²) in [6, 6.07) is 7.37. The Morgan fingerprint density at radius 1 is 1.23 bits per heavy atom. The van der Waals surface area contributed by atoms with Crippen molar-refractivity contribution in [3.63, 3.8) is 0 Å². The zero-order chi connectivity index (χ0) is 22.6. The molecule has 31 heavy (non-hydrogen) atoms. The third-order valence-corrected chi connectivity index (χ3v) is 5.14. The Balaban J connectivity index is 1.79. The van der Waals surface area contributed by atoms with Gasteiger partial charge in [-0.3, -0.25) is 4.79 Å². The fourth-order valence-corrected chi connectivity index (χ4v) is 3.73. The van der Waals surface area contributed by atoms with E-state index in [1.807, 2.05) is 23.8 Å². The lowest BCUT2D eigenvalue weighted by molar-refractivity contribution is -0.143. The maximum Gasteiger partial charge on any atom is 0.434 e. The van der Waals surface area contributed by atoms with Crippen molar-refractivity contribution < 1.29 is 27.5 Å². The Labute approximate surface area is 180 Å². The molecule has 0 aliphatic rings. The Kier molecular flexibility index (Phi) is 6.79.